The van der Waals surface area contributed by atoms with Crippen molar-refractivity contribution in [1.82, 2.24) is 0 Å². The molecule has 8 rings (SSSR count). The van der Waals surface area contributed by atoms with Crippen molar-refractivity contribution in [2.75, 3.05) is 4.90 Å². The lowest BCUT2D eigenvalue weighted by molar-refractivity contribution is 0.329. The van der Waals surface area contributed by atoms with Crippen molar-refractivity contribution in [3.05, 3.63) is 78.9 Å². The first-order valence-corrected chi connectivity index (χ1v) is 19.9. The number of phenols is 22. The second kappa shape index (κ2) is 16.5. The predicted octanol–water partition coefficient (Wildman–Crippen LogP) is 7.01. The van der Waals surface area contributed by atoms with Gasteiger partial charge in [0.25, 0.3) is 0 Å². The molecule has 0 radical (unpaired) electrons. The zero-order chi connectivity index (χ0) is 52.0. The second-order valence-electron chi connectivity index (χ2n) is 15.5. The number of hydrogen-bond acceptors (Lipinski definition) is 23. The molecular formula is C48H35NO22. The van der Waals surface area contributed by atoms with Crippen LogP contribution in [0.4, 0.5) is 17.1 Å². The molecule has 0 aromatic heterocycles. The monoisotopic (exact) mass is 977 g/mol. The van der Waals surface area contributed by atoms with Crippen LogP contribution < -0.4 is 4.90 Å². The van der Waals surface area contributed by atoms with Crippen molar-refractivity contribution >= 4 is 17.1 Å². The molecule has 0 atom stereocenters. The van der Waals surface area contributed by atoms with Gasteiger partial charge in [-0.05, 0) is 46.0 Å². The standard InChI is InChI=1S/C48H35NO22/c50-27-19(18-12-16(14-7-3-1-4-8-14)11-17(13-18)15-9-5-2-6-10-15)28(51)38(61)24(37(27)60)49(25-39(62)29(52)20(30(53)40(25)63)22-33(56)43(66)47(70)44(67)34(22)57)26-41(64)31(54)21(32(55)42(26)65)23-35(58)45(68)48(71)46(69)36(23)59/h1-13,50-71H. The minimum absolute atomic E-state index is 0.139. The van der Waals surface area contributed by atoms with E-state index >= 15 is 0 Å². The quantitative estimate of drug-likeness (QED) is 0.0537. The summed E-state index contributed by atoms with van der Waals surface area (Å²) in [7, 11) is 0. The fourth-order valence-corrected chi connectivity index (χ4v) is 7.98. The number of anilines is 3. The zero-order valence-electron chi connectivity index (χ0n) is 35.3. The largest absolute Gasteiger partial charge is 0.504 e. The summed E-state index contributed by atoms with van der Waals surface area (Å²) in [4.78, 5) is -0.248. The van der Waals surface area contributed by atoms with Crippen molar-refractivity contribution in [3.8, 4) is 182 Å². The number of aromatic hydroxyl groups is 22. The maximum Gasteiger partial charge on any atom is 0.208 e. The van der Waals surface area contributed by atoms with Crippen molar-refractivity contribution in [2.24, 2.45) is 0 Å². The first kappa shape index (κ1) is 46.7. The number of benzene rings is 8. The summed E-state index contributed by atoms with van der Waals surface area (Å²) < 4.78 is 0. The Labute approximate surface area is 394 Å². The van der Waals surface area contributed by atoms with Crippen LogP contribution in [0, 0.1) is 0 Å². The molecule has 8 aromatic carbocycles. The lowest BCUT2D eigenvalue weighted by Crippen LogP contribution is -2.13. The molecular weight excluding hydrogens is 943 g/mol. The van der Waals surface area contributed by atoms with Crippen LogP contribution in [-0.2, 0) is 0 Å². The molecule has 0 spiro atoms. The number of nitrogens with zero attached hydrogens (tertiary/aromatic N) is 1. The topological polar surface area (TPSA) is 448 Å². The molecule has 0 heterocycles. The molecule has 8 aromatic rings. The van der Waals surface area contributed by atoms with Gasteiger partial charge in [-0.2, -0.15) is 0 Å². The summed E-state index contributed by atoms with van der Waals surface area (Å²) in [6, 6.07) is 21.6. The van der Waals surface area contributed by atoms with Gasteiger partial charge in [-0.25, -0.2) is 0 Å². The summed E-state index contributed by atoms with van der Waals surface area (Å²) in [5, 5.41) is 244. The van der Waals surface area contributed by atoms with E-state index in [9.17, 15) is 112 Å². The third-order valence-corrected chi connectivity index (χ3v) is 11.5. The molecule has 71 heavy (non-hydrogen) atoms. The van der Waals surface area contributed by atoms with Crippen molar-refractivity contribution < 1.29 is 112 Å². The van der Waals surface area contributed by atoms with Gasteiger partial charge in [-0.15, -0.1) is 0 Å². The van der Waals surface area contributed by atoms with Gasteiger partial charge in [-0.3, -0.25) is 4.90 Å². The van der Waals surface area contributed by atoms with Crippen LogP contribution in [0.15, 0.2) is 78.9 Å². The van der Waals surface area contributed by atoms with Gasteiger partial charge >= 0.3 is 0 Å². The number of phenolic OH excluding ortho intramolecular Hbond substituents is 22. The van der Waals surface area contributed by atoms with Crippen molar-refractivity contribution in [2.45, 2.75) is 0 Å². The van der Waals surface area contributed by atoms with E-state index in [1.54, 1.807) is 66.7 Å². The highest BCUT2D eigenvalue weighted by Gasteiger charge is 2.42. The van der Waals surface area contributed by atoms with Gasteiger partial charge in [-0.1, -0.05) is 60.7 Å². The molecule has 0 fully saturated rings. The van der Waals surface area contributed by atoms with E-state index in [1.807, 2.05) is 0 Å². The summed E-state index contributed by atoms with van der Waals surface area (Å²) in [6.45, 7) is 0. The fourth-order valence-electron chi connectivity index (χ4n) is 7.98. The zero-order valence-corrected chi connectivity index (χ0v) is 35.3. The van der Waals surface area contributed by atoms with Gasteiger partial charge in [0.2, 0.25) is 34.5 Å². The summed E-state index contributed by atoms with van der Waals surface area (Å²) in [6.07, 6.45) is 0. The molecule has 22 N–H and O–H groups in total. The lowest BCUT2D eigenvalue weighted by Gasteiger charge is -2.31. The first-order chi connectivity index (χ1) is 33.5. The average molecular weight is 978 g/mol. The lowest BCUT2D eigenvalue weighted by atomic mass is 9.91. The van der Waals surface area contributed by atoms with Crippen LogP contribution in [0.3, 0.4) is 0 Å². The van der Waals surface area contributed by atoms with E-state index in [-0.39, 0.29) is 10.5 Å². The van der Waals surface area contributed by atoms with E-state index in [4.69, 9.17) is 0 Å². The van der Waals surface area contributed by atoms with E-state index in [1.165, 1.54) is 12.1 Å². The minimum Gasteiger partial charge on any atom is -0.504 e. The van der Waals surface area contributed by atoms with Crippen LogP contribution >= 0.6 is 0 Å². The summed E-state index contributed by atoms with van der Waals surface area (Å²) in [5.41, 5.74) is -9.79. The van der Waals surface area contributed by atoms with Gasteiger partial charge in [0.05, 0.1) is 27.8 Å². The molecule has 0 unspecified atom stereocenters. The SMILES string of the molecule is Oc1c(O)c(O)c(-c2c(O)c(O)c(N(c3c(O)c(O)c(-c4cc(-c5ccccc5)cc(-c5ccccc5)c4)c(O)c3O)c3c(O)c(O)c(-c4c(O)c(O)c(O)c(O)c4O)c(O)c3O)c(O)c2O)c(O)c1O. The Bertz CT molecular complexity index is 3220. The molecule has 0 aliphatic carbocycles. The Morgan fingerprint density at radius 1 is 0.183 bits per heavy atom. The average Bonchev–Trinajstić information content (AvgIpc) is 3.37. The van der Waals surface area contributed by atoms with Crippen LogP contribution in [0.2, 0.25) is 0 Å². The highest BCUT2D eigenvalue weighted by molar-refractivity contribution is 6.06. The maximum atomic E-state index is 12.0. The Hall–Kier alpha value is -10.8. The van der Waals surface area contributed by atoms with E-state index in [0.717, 1.165) is 0 Å². The van der Waals surface area contributed by atoms with Crippen molar-refractivity contribution in [1.29, 1.82) is 0 Å². The van der Waals surface area contributed by atoms with Crippen LogP contribution in [0.1, 0.15) is 0 Å². The van der Waals surface area contributed by atoms with E-state index < -0.39 is 171 Å². The molecule has 0 saturated carbocycles. The minimum atomic E-state index is -1.92. The summed E-state index contributed by atoms with van der Waals surface area (Å²) >= 11 is 0. The predicted molar refractivity (Wildman–Crippen MR) is 245 cm³/mol. The number of rotatable bonds is 8. The Morgan fingerprint density at radius 3 is 0.634 bits per heavy atom. The molecule has 0 saturated heterocycles. The number of hydrogen-bond donors (Lipinski definition) is 22. The van der Waals surface area contributed by atoms with Crippen LogP contribution in [0.5, 0.6) is 126 Å². The van der Waals surface area contributed by atoms with Crippen molar-refractivity contribution in [3.63, 3.8) is 0 Å². The van der Waals surface area contributed by atoms with Gasteiger partial charge in [0.15, 0.2) is 92.0 Å². The smallest absolute Gasteiger partial charge is 0.208 e. The maximum absolute atomic E-state index is 12.0. The molecule has 0 aliphatic heterocycles. The Balaban J connectivity index is 1.49. The Kier molecular flexibility index (Phi) is 10.8. The van der Waals surface area contributed by atoms with E-state index in [0.29, 0.717) is 22.3 Å². The van der Waals surface area contributed by atoms with E-state index in [2.05, 4.69) is 0 Å². The fraction of sp³-hybridized carbons (Fsp3) is 0. The Morgan fingerprint density at radius 2 is 0.380 bits per heavy atom. The molecule has 23 heteroatoms. The molecule has 0 bridgehead atoms. The van der Waals surface area contributed by atoms with Gasteiger partial charge in [0.1, 0.15) is 17.1 Å². The highest BCUT2D eigenvalue weighted by atomic mass is 16.4. The molecule has 0 amide bonds. The third kappa shape index (κ3) is 6.75. The van der Waals surface area contributed by atoms with Gasteiger partial charge in [0, 0.05) is 0 Å². The molecule has 23 nitrogen and oxygen atoms in total. The van der Waals surface area contributed by atoms with Crippen LogP contribution in [-0.4, -0.2) is 112 Å². The second-order valence-corrected chi connectivity index (χ2v) is 15.5. The molecule has 364 valence electrons. The first-order valence-electron chi connectivity index (χ1n) is 19.9. The van der Waals surface area contributed by atoms with Crippen LogP contribution in [0.25, 0.3) is 55.6 Å². The normalized spacial score (nSPS) is 11.2. The third-order valence-electron chi connectivity index (χ3n) is 11.5. The molecule has 0 aliphatic rings. The van der Waals surface area contributed by atoms with Gasteiger partial charge < -0.3 is 112 Å². The highest BCUT2D eigenvalue weighted by Crippen LogP contribution is 2.70. The summed E-state index contributed by atoms with van der Waals surface area (Å²) in [5.74, 6) is -37.3.